The first-order chi connectivity index (χ1) is 10.1. The van der Waals surface area contributed by atoms with Gasteiger partial charge in [-0.2, -0.15) is 0 Å². The minimum absolute atomic E-state index is 0.169. The molecule has 2 aromatic carbocycles. The van der Waals surface area contributed by atoms with Gasteiger partial charge in [0.25, 0.3) is 0 Å². The van der Waals surface area contributed by atoms with Crippen LogP contribution >= 0.6 is 11.6 Å². The van der Waals surface area contributed by atoms with Gasteiger partial charge in [-0.3, -0.25) is 0 Å². The highest BCUT2D eigenvalue weighted by Crippen LogP contribution is 2.34. The third-order valence-corrected chi connectivity index (χ3v) is 3.24. The lowest BCUT2D eigenvalue weighted by atomic mass is 10.2. The lowest BCUT2D eigenvalue weighted by molar-refractivity contribution is 0.264. The van der Waals surface area contributed by atoms with E-state index in [-0.39, 0.29) is 19.0 Å². The first-order valence-electron chi connectivity index (χ1n) is 6.57. The Labute approximate surface area is 127 Å². The molecule has 2 aromatic rings. The van der Waals surface area contributed by atoms with Crippen molar-refractivity contribution < 1.29 is 19.0 Å². The third-order valence-electron chi connectivity index (χ3n) is 2.89. The van der Waals surface area contributed by atoms with Crippen LogP contribution in [0.2, 0.25) is 5.02 Å². The fourth-order valence-corrected chi connectivity index (χ4v) is 2.03. The van der Waals surface area contributed by atoms with Gasteiger partial charge in [-0.1, -0.05) is 23.7 Å². The highest BCUT2D eigenvalue weighted by molar-refractivity contribution is 6.31. The highest BCUT2D eigenvalue weighted by Gasteiger charge is 2.11. The molecule has 0 fully saturated rings. The summed E-state index contributed by atoms with van der Waals surface area (Å²) in [5.41, 5.74) is 1.41. The Balaban J connectivity index is 2.17. The Bertz CT molecular complexity index is 599. The molecule has 2 rings (SSSR count). The maximum Gasteiger partial charge on any atom is 0.163 e. The Morgan fingerprint density at radius 3 is 2.38 bits per heavy atom. The van der Waals surface area contributed by atoms with Crippen molar-refractivity contribution >= 4 is 11.6 Å². The molecule has 3 nitrogen and oxygen atoms in total. The van der Waals surface area contributed by atoms with E-state index in [0.717, 1.165) is 5.56 Å². The molecule has 0 aliphatic heterocycles. The zero-order valence-corrected chi connectivity index (χ0v) is 12.4. The van der Waals surface area contributed by atoms with E-state index in [2.05, 4.69) is 0 Å². The minimum atomic E-state index is -0.288. The van der Waals surface area contributed by atoms with Crippen LogP contribution in [-0.2, 0) is 13.2 Å². The molecule has 0 aliphatic carbocycles. The van der Waals surface area contributed by atoms with E-state index in [9.17, 15) is 9.50 Å². The summed E-state index contributed by atoms with van der Waals surface area (Å²) >= 11 is 6.06. The lowest BCUT2D eigenvalue weighted by Gasteiger charge is -2.14. The quantitative estimate of drug-likeness (QED) is 0.878. The first-order valence-corrected chi connectivity index (χ1v) is 6.95. The molecule has 0 amide bonds. The number of aliphatic hydroxyl groups is 1. The molecule has 0 bridgehead atoms. The highest BCUT2D eigenvalue weighted by atomic mass is 35.5. The van der Waals surface area contributed by atoms with Gasteiger partial charge in [0, 0.05) is 6.07 Å². The van der Waals surface area contributed by atoms with E-state index in [0.29, 0.717) is 28.7 Å². The number of hydrogen-bond acceptors (Lipinski definition) is 3. The van der Waals surface area contributed by atoms with Crippen LogP contribution < -0.4 is 9.47 Å². The van der Waals surface area contributed by atoms with Crippen LogP contribution in [0.15, 0.2) is 36.4 Å². The average Bonchev–Trinajstić information content (AvgIpc) is 2.49. The Kier molecular flexibility index (Phi) is 5.42. The van der Waals surface area contributed by atoms with Gasteiger partial charge in [0.2, 0.25) is 0 Å². The molecule has 5 heteroatoms. The molecule has 0 aromatic heterocycles. The summed E-state index contributed by atoms with van der Waals surface area (Å²) in [4.78, 5) is 0. The lowest BCUT2D eigenvalue weighted by Crippen LogP contribution is -2.01. The Morgan fingerprint density at radius 2 is 1.76 bits per heavy atom. The van der Waals surface area contributed by atoms with Crippen LogP contribution in [0.3, 0.4) is 0 Å². The summed E-state index contributed by atoms with van der Waals surface area (Å²) in [6.07, 6.45) is 0. The zero-order chi connectivity index (χ0) is 15.2. The van der Waals surface area contributed by atoms with Crippen molar-refractivity contribution in [3.8, 4) is 11.5 Å². The largest absolute Gasteiger partial charge is 0.490 e. The predicted octanol–water partition coefficient (Wildman–Crippen LogP) is 3.95. The van der Waals surface area contributed by atoms with E-state index < -0.39 is 0 Å². The first kappa shape index (κ1) is 15.6. The number of rotatable bonds is 6. The number of ether oxygens (including phenoxy) is 2. The third kappa shape index (κ3) is 4.09. The van der Waals surface area contributed by atoms with Crippen LogP contribution in [0, 0.1) is 5.82 Å². The fourth-order valence-electron chi connectivity index (χ4n) is 1.82. The monoisotopic (exact) mass is 310 g/mol. The van der Waals surface area contributed by atoms with Gasteiger partial charge in [0.1, 0.15) is 12.4 Å². The van der Waals surface area contributed by atoms with Gasteiger partial charge >= 0.3 is 0 Å². The molecule has 1 N–H and O–H groups in total. The number of halogens is 2. The van der Waals surface area contributed by atoms with E-state index in [1.165, 1.54) is 12.1 Å². The molecule has 0 atom stereocenters. The van der Waals surface area contributed by atoms with Gasteiger partial charge < -0.3 is 14.6 Å². The Morgan fingerprint density at radius 1 is 1.10 bits per heavy atom. The summed E-state index contributed by atoms with van der Waals surface area (Å²) in [7, 11) is 0. The molecule has 0 spiro atoms. The van der Waals surface area contributed by atoms with Gasteiger partial charge in [-0.25, -0.2) is 4.39 Å². The summed E-state index contributed by atoms with van der Waals surface area (Å²) in [6.45, 7) is 2.43. The number of benzene rings is 2. The van der Waals surface area contributed by atoms with E-state index in [4.69, 9.17) is 21.1 Å². The summed E-state index contributed by atoms with van der Waals surface area (Å²) in [5, 5.41) is 9.63. The van der Waals surface area contributed by atoms with Crippen molar-refractivity contribution in [3.63, 3.8) is 0 Å². The smallest absolute Gasteiger partial charge is 0.163 e. The zero-order valence-electron chi connectivity index (χ0n) is 11.6. The van der Waals surface area contributed by atoms with Crippen molar-refractivity contribution in [1.29, 1.82) is 0 Å². The maximum absolute atomic E-state index is 12.8. The van der Waals surface area contributed by atoms with E-state index >= 15 is 0 Å². The molecular formula is C16H16ClFO3. The van der Waals surface area contributed by atoms with Crippen molar-refractivity contribution in [2.45, 2.75) is 20.1 Å². The molecule has 21 heavy (non-hydrogen) atoms. The SMILES string of the molecule is CCOc1cc(CO)c(Cl)cc1OCc1ccc(F)cc1. The molecular weight excluding hydrogens is 295 g/mol. The van der Waals surface area contributed by atoms with Crippen LogP contribution in [-0.4, -0.2) is 11.7 Å². The minimum Gasteiger partial charge on any atom is -0.490 e. The maximum atomic E-state index is 12.8. The van der Waals surface area contributed by atoms with Gasteiger partial charge in [0.05, 0.1) is 18.2 Å². The molecule has 0 unspecified atom stereocenters. The van der Waals surface area contributed by atoms with Crippen LogP contribution in [0.25, 0.3) is 0 Å². The van der Waals surface area contributed by atoms with Crippen molar-refractivity contribution in [1.82, 2.24) is 0 Å². The van der Waals surface area contributed by atoms with Gasteiger partial charge in [-0.05, 0) is 36.2 Å². The molecule has 0 saturated carbocycles. The molecule has 0 saturated heterocycles. The molecule has 0 heterocycles. The van der Waals surface area contributed by atoms with Crippen molar-refractivity contribution in [2.24, 2.45) is 0 Å². The summed E-state index contributed by atoms with van der Waals surface area (Å²) < 4.78 is 24.0. The number of hydrogen-bond donors (Lipinski definition) is 1. The molecule has 112 valence electrons. The summed E-state index contributed by atoms with van der Waals surface area (Å²) in [6, 6.07) is 9.33. The topological polar surface area (TPSA) is 38.7 Å². The van der Waals surface area contributed by atoms with E-state index in [1.807, 2.05) is 6.92 Å². The second-order valence-corrected chi connectivity index (χ2v) is 4.80. The molecule has 0 radical (unpaired) electrons. The van der Waals surface area contributed by atoms with E-state index in [1.54, 1.807) is 24.3 Å². The summed E-state index contributed by atoms with van der Waals surface area (Å²) in [5.74, 6) is 0.723. The Hall–Kier alpha value is -1.78. The average molecular weight is 311 g/mol. The predicted molar refractivity (Wildman–Crippen MR) is 79.3 cm³/mol. The fraction of sp³-hybridized carbons (Fsp3) is 0.250. The van der Waals surface area contributed by atoms with Gasteiger partial charge in [0.15, 0.2) is 11.5 Å². The molecule has 0 aliphatic rings. The van der Waals surface area contributed by atoms with Crippen LogP contribution in [0.5, 0.6) is 11.5 Å². The van der Waals surface area contributed by atoms with Crippen LogP contribution in [0.4, 0.5) is 4.39 Å². The normalized spacial score (nSPS) is 10.5. The van der Waals surface area contributed by atoms with Gasteiger partial charge in [-0.15, -0.1) is 0 Å². The standard InChI is InChI=1S/C16H16ClFO3/c1-2-20-15-7-12(9-19)14(17)8-16(15)21-10-11-3-5-13(18)6-4-11/h3-8,19H,2,9-10H2,1H3. The second-order valence-electron chi connectivity index (χ2n) is 4.40. The van der Waals surface area contributed by atoms with Crippen molar-refractivity contribution in [3.05, 3.63) is 58.4 Å². The number of aliphatic hydroxyl groups excluding tert-OH is 1. The van der Waals surface area contributed by atoms with Crippen LogP contribution in [0.1, 0.15) is 18.1 Å². The second kappa shape index (κ2) is 7.29. The van der Waals surface area contributed by atoms with Crippen molar-refractivity contribution in [2.75, 3.05) is 6.61 Å².